The second-order valence-electron chi connectivity index (χ2n) is 4.34. The third kappa shape index (κ3) is 4.47. The Bertz CT molecular complexity index is 595. The maximum Gasteiger partial charge on any atom is 0.338 e. The quantitative estimate of drug-likeness (QED) is 0.457. The molecule has 0 radical (unpaired) electrons. The number of hydrogen-bond donors (Lipinski definition) is 0. The molecule has 5 nitrogen and oxygen atoms in total. The first-order chi connectivity index (χ1) is 9.27. The number of carbonyl (C=O) groups excluding carboxylic acids is 1. The van der Waals surface area contributed by atoms with E-state index < -0.39 is 15.0 Å². The summed E-state index contributed by atoms with van der Waals surface area (Å²) in [4.78, 5) is 11.8. The van der Waals surface area contributed by atoms with Gasteiger partial charge in [-0.05, 0) is 37.1 Å². The van der Waals surface area contributed by atoms with Crippen LogP contribution in [-0.2, 0) is 18.5 Å². The van der Waals surface area contributed by atoms with Gasteiger partial charge in [0.2, 0.25) is 0 Å². The predicted octanol–water partition coefficient (Wildman–Crippen LogP) is 2.42. The average Bonchev–Trinajstić information content (AvgIpc) is 2.36. The second-order valence-corrected chi connectivity index (χ2v) is 6.87. The lowest BCUT2D eigenvalue weighted by atomic mass is 10.1. The van der Waals surface area contributed by atoms with E-state index in [9.17, 15) is 13.2 Å². The molecule has 1 aromatic rings. The van der Waals surface area contributed by atoms with E-state index >= 15 is 0 Å². The van der Waals surface area contributed by atoms with Crippen molar-refractivity contribution in [3.05, 3.63) is 28.8 Å². The van der Waals surface area contributed by atoms with E-state index in [-0.39, 0.29) is 17.1 Å². The summed E-state index contributed by atoms with van der Waals surface area (Å²) in [5.74, 6) is -0.578. The highest BCUT2D eigenvalue weighted by atomic mass is 35.7. The number of aryl methyl sites for hydroxylation is 1. The Morgan fingerprint density at radius 1 is 1.25 bits per heavy atom. The molecule has 0 fully saturated rings. The van der Waals surface area contributed by atoms with Gasteiger partial charge in [0, 0.05) is 30.8 Å². The van der Waals surface area contributed by atoms with Gasteiger partial charge in [-0.2, -0.15) is 0 Å². The zero-order chi connectivity index (χ0) is 15.3. The van der Waals surface area contributed by atoms with E-state index in [1.54, 1.807) is 27.0 Å². The first-order valence-electron chi connectivity index (χ1n) is 5.99. The van der Waals surface area contributed by atoms with Crippen LogP contribution in [0.15, 0.2) is 17.0 Å². The fourth-order valence-electron chi connectivity index (χ4n) is 1.65. The van der Waals surface area contributed by atoms with Crippen LogP contribution >= 0.6 is 10.7 Å². The highest BCUT2D eigenvalue weighted by Gasteiger charge is 2.19. The van der Waals surface area contributed by atoms with E-state index in [1.807, 2.05) is 0 Å². The van der Waals surface area contributed by atoms with Gasteiger partial charge in [0.25, 0.3) is 9.05 Å². The average molecular weight is 321 g/mol. The Labute approximate surface area is 123 Å². The van der Waals surface area contributed by atoms with Crippen molar-refractivity contribution in [2.45, 2.75) is 25.2 Å². The van der Waals surface area contributed by atoms with Crippen LogP contribution in [0.4, 0.5) is 0 Å². The van der Waals surface area contributed by atoms with Crippen LogP contribution < -0.4 is 0 Å². The molecule has 1 aromatic carbocycles. The van der Waals surface area contributed by atoms with Gasteiger partial charge >= 0.3 is 5.97 Å². The molecule has 0 aliphatic heterocycles. The van der Waals surface area contributed by atoms with Crippen molar-refractivity contribution in [3.63, 3.8) is 0 Å². The monoisotopic (exact) mass is 320 g/mol. The summed E-state index contributed by atoms with van der Waals surface area (Å²) >= 11 is 0. The summed E-state index contributed by atoms with van der Waals surface area (Å²) in [6, 6.07) is 2.82. The lowest BCUT2D eigenvalue weighted by molar-refractivity contribution is 0.0468. The Kier molecular flexibility index (Phi) is 5.98. The topological polar surface area (TPSA) is 69.7 Å². The van der Waals surface area contributed by atoms with E-state index in [0.717, 1.165) is 0 Å². The van der Waals surface area contributed by atoms with Crippen LogP contribution in [0.25, 0.3) is 0 Å². The molecule has 0 bridgehead atoms. The zero-order valence-corrected chi connectivity index (χ0v) is 13.2. The molecule has 0 spiro atoms. The zero-order valence-electron chi connectivity index (χ0n) is 11.6. The van der Waals surface area contributed by atoms with Crippen LogP contribution in [-0.4, -0.2) is 34.7 Å². The molecule has 0 aromatic heterocycles. The van der Waals surface area contributed by atoms with E-state index in [1.165, 1.54) is 6.07 Å². The summed E-state index contributed by atoms with van der Waals surface area (Å²) in [6.45, 7) is 4.05. The minimum atomic E-state index is -3.90. The van der Waals surface area contributed by atoms with Crippen molar-refractivity contribution in [2.24, 2.45) is 0 Å². The number of halogens is 1. The molecule has 0 N–H and O–H groups in total. The van der Waals surface area contributed by atoms with Crippen LogP contribution in [0.3, 0.4) is 0 Å². The maximum absolute atomic E-state index is 11.8. The lowest BCUT2D eigenvalue weighted by Crippen LogP contribution is -2.10. The molecular weight excluding hydrogens is 304 g/mol. The summed E-state index contributed by atoms with van der Waals surface area (Å²) in [6.07, 6.45) is 0.577. The van der Waals surface area contributed by atoms with Gasteiger partial charge in [0.1, 0.15) is 0 Å². The molecule has 0 heterocycles. The third-order valence-corrected chi connectivity index (χ3v) is 4.29. The molecule has 0 atom stereocenters. The van der Waals surface area contributed by atoms with E-state index in [0.29, 0.717) is 24.2 Å². The predicted molar refractivity (Wildman–Crippen MR) is 75.7 cm³/mol. The first-order valence-corrected chi connectivity index (χ1v) is 8.30. The standard InChI is InChI=1S/C13H17ClO5S/c1-9-7-11(13(15)19-6-4-5-18-3)8-12(10(9)2)20(14,16)17/h7-8H,4-6H2,1-3H3. The van der Waals surface area contributed by atoms with Crippen molar-refractivity contribution in [2.75, 3.05) is 20.3 Å². The Morgan fingerprint density at radius 3 is 2.45 bits per heavy atom. The van der Waals surface area contributed by atoms with Gasteiger partial charge in [0.05, 0.1) is 17.1 Å². The van der Waals surface area contributed by atoms with Crippen molar-refractivity contribution in [1.29, 1.82) is 0 Å². The molecule has 0 aliphatic carbocycles. The van der Waals surface area contributed by atoms with Crippen LogP contribution in [0.5, 0.6) is 0 Å². The fourth-order valence-corrected chi connectivity index (χ4v) is 2.92. The number of benzene rings is 1. The van der Waals surface area contributed by atoms with Crippen molar-refractivity contribution < 1.29 is 22.7 Å². The Balaban J connectivity index is 2.97. The van der Waals surface area contributed by atoms with Gasteiger partial charge in [0.15, 0.2) is 0 Å². The van der Waals surface area contributed by atoms with Gasteiger partial charge < -0.3 is 9.47 Å². The summed E-state index contributed by atoms with van der Waals surface area (Å²) < 4.78 is 32.8. The van der Waals surface area contributed by atoms with E-state index in [4.69, 9.17) is 20.2 Å². The van der Waals surface area contributed by atoms with Gasteiger partial charge in [-0.25, -0.2) is 13.2 Å². The molecule has 0 saturated heterocycles. The minimum Gasteiger partial charge on any atom is -0.462 e. The first kappa shape index (κ1) is 16.9. The second kappa shape index (κ2) is 7.06. The molecule has 112 valence electrons. The summed E-state index contributed by atoms with van der Waals surface area (Å²) in [7, 11) is 3.02. The normalized spacial score (nSPS) is 11.4. The number of methoxy groups -OCH3 is 1. The summed E-state index contributed by atoms with van der Waals surface area (Å²) in [5, 5.41) is 0. The Morgan fingerprint density at radius 2 is 1.90 bits per heavy atom. The number of carbonyl (C=O) groups is 1. The number of ether oxygens (including phenoxy) is 2. The van der Waals surface area contributed by atoms with Gasteiger partial charge in [-0.3, -0.25) is 0 Å². The van der Waals surface area contributed by atoms with Crippen LogP contribution in [0, 0.1) is 13.8 Å². The van der Waals surface area contributed by atoms with Crippen molar-refractivity contribution >= 4 is 25.7 Å². The van der Waals surface area contributed by atoms with E-state index in [2.05, 4.69) is 0 Å². The highest BCUT2D eigenvalue weighted by molar-refractivity contribution is 8.13. The van der Waals surface area contributed by atoms with Crippen LogP contribution in [0.1, 0.15) is 27.9 Å². The van der Waals surface area contributed by atoms with Crippen molar-refractivity contribution in [3.8, 4) is 0 Å². The largest absolute Gasteiger partial charge is 0.462 e. The third-order valence-electron chi connectivity index (χ3n) is 2.84. The molecule has 1 rings (SSSR count). The number of esters is 1. The molecule has 20 heavy (non-hydrogen) atoms. The van der Waals surface area contributed by atoms with Crippen LogP contribution in [0.2, 0.25) is 0 Å². The number of hydrogen-bond acceptors (Lipinski definition) is 5. The maximum atomic E-state index is 11.8. The van der Waals surface area contributed by atoms with Gasteiger partial charge in [-0.1, -0.05) is 0 Å². The number of rotatable bonds is 6. The lowest BCUT2D eigenvalue weighted by Gasteiger charge is -2.10. The molecule has 7 heteroatoms. The summed E-state index contributed by atoms with van der Waals surface area (Å²) in [5.41, 5.74) is 1.36. The molecule has 0 amide bonds. The molecule has 0 aliphatic rings. The van der Waals surface area contributed by atoms with Gasteiger partial charge in [-0.15, -0.1) is 0 Å². The highest BCUT2D eigenvalue weighted by Crippen LogP contribution is 2.24. The minimum absolute atomic E-state index is 0.0667. The molecular formula is C13H17ClO5S. The molecule has 0 saturated carbocycles. The smallest absolute Gasteiger partial charge is 0.338 e. The Hall–Kier alpha value is -1.11. The molecule has 0 unspecified atom stereocenters. The fraction of sp³-hybridized carbons (Fsp3) is 0.462. The SMILES string of the molecule is COCCCOC(=O)c1cc(C)c(C)c(S(=O)(=O)Cl)c1. The van der Waals surface area contributed by atoms with Crippen molar-refractivity contribution in [1.82, 2.24) is 0 Å².